The van der Waals surface area contributed by atoms with Gasteiger partial charge in [0.15, 0.2) is 0 Å². The highest BCUT2D eigenvalue weighted by Gasteiger charge is 2.36. The van der Waals surface area contributed by atoms with Crippen molar-refractivity contribution in [2.45, 2.75) is 31.2 Å². The zero-order chi connectivity index (χ0) is 7.97. The lowest BCUT2D eigenvalue weighted by Crippen LogP contribution is -2.44. The van der Waals surface area contributed by atoms with Gasteiger partial charge in [0.1, 0.15) is 0 Å². The second kappa shape index (κ2) is 2.69. The summed E-state index contributed by atoms with van der Waals surface area (Å²) in [5.74, 6) is 0. The van der Waals surface area contributed by atoms with Crippen LogP contribution < -0.4 is 0 Å². The molecule has 0 aromatic rings. The minimum absolute atomic E-state index is 0.530. The van der Waals surface area contributed by atoms with E-state index >= 15 is 0 Å². The predicted molar refractivity (Wildman–Crippen MR) is 44.1 cm³/mol. The Hall–Kier alpha value is -0.120. The molecule has 0 spiro atoms. The third-order valence-corrected chi connectivity index (χ3v) is 2.98. The van der Waals surface area contributed by atoms with Crippen LogP contribution in [0.25, 0.3) is 0 Å². The number of morpholine rings is 1. The van der Waals surface area contributed by atoms with Crippen molar-refractivity contribution < 1.29 is 9.47 Å². The van der Waals surface area contributed by atoms with Gasteiger partial charge >= 0.3 is 0 Å². The van der Waals surface area contributed by atoms with E-state index in [2.05, 4.69) is 4.90 Å². The van der Waals surface area contributed by atoms with Crippen molar-refractivity contribution in [3.8, 4) is 0 Å². The minimum atomic E-state index is 0.530. The van der Waals surface area contributed by atoms with Crippen LogP contribution in [-0.4, -0.2) is 49.5 Å². The molecule has 0 saturated carbocycles. The van der Waals surface area contributed by atoms with Crippen molar-refractivity contribution >= 4 is 0 Å². The van der Waals surface area contributed by atoms with Gasteiger partial charge in [0.2, 0.25) is 0 Å². The van der Waals surface area contributed by atoms with Gasteiger partial charge in [-0.2, -0.15) is 0 Å². The Kier molecular flexibility index (Phi) is 1.63. The first-order valence-corrected chi connectivity index (χ1v) is 4.89. The zero-order valence-electron chi connectivity index (χ0n) is 7.24. The van der Waals surface area contributed by atoms with E-state index < -0.39 is 0 Å². The van der Waals surface area contributed by atoms with Crippen LogP contribution in [0.5, 0.6) is 0 Å². The number of hydrogen-bond acceptors (Lipinski definition) is 3. The summed E-state index contributed by atoms with van der Waals surface area (Å²) in [5.41, 5.74) is 0. The van der Waals surface area contributed by atoms with E-state index in [1.807, 2.05) is 0 Å². The van der Waals surface area contributed by atoms with Crippen molar-refractivity contribution in [2.24, 2.45) is 0 Å². The molecule has 3 heteroatoms. The number of likely N-dealkylation sites (tertiary alicyclic amines) is 1. The molecule has 3 rings (SSSR count). The van der Waals surface area contributed by atoms with Crippen LogP contribution in [0, 0.1) is 0 Å². The molecular weight excluding hydrogens is 154 g/mol. The standard InChI is InChI=1S/C9H15NO2/c1-2-8-4-10(3-7(1)12-8)5-9-6-11-9/h7-9H,1-6H2. The van der Waals surface area contributed by atoms with Gasteiger partial charge in [0, 0.05) is 19.6 Å². The molecule has 0 aromatic carbocycles. The SMILES string of the molecule is C1OC1CN1CC2CCC(C1)O2. The highest BCUT2D eigenvalue weighted by atomic mass is 16.6. The van der Waals surface area contributed by atoms with Gasteiger partial charge in [-0.3, -0.25) is 4.90 Å². The van der Waals surface area contributed by atoms with E-state index in [-0.39, 0.29) is 0 Å². The Balaban J connectivity index is 1.58. The summed E-state index contributed by atoms with van der Waals surface area (Å²) >= 11 is 0. The molecule has 2 bridgehead atoms. The van der Waals surface area contributed by atoms with Crippen LogP contribution in [-0.2, 0) is 9.47 Å². The van der Waals surface area contributed by atoms with Gasteiger partial charge in [0.05, 0.1) is 24.9 Å². The molecule has 3 atom stereocenters. The van der Waals surface area contributed by atoms with Crippen LogP contribution in [0.4, 0.5) is 0 Å². The largest absolute Gasteiger partial charge is 0.372 e. The number of nitrogens with zero attached hydrogens (tertiary/aromatic N) is 1. The van der Waals surface area contributed by atoms with Crippen LogP contribution in [0.15, 0.2) is 0 Å². The molecule has 3 aliphatic heterocycles. The molecule has 0 aromatic heterocycles. The molecule has 3 heterocycles. The van der Waals surface area contributed by atoms with E-state index in [1.54, 1.807) is 0 Å². The number of rotatable bonds is 2. The first kappa shape index (κ1) is 7.30. The Labute approximate surface area is 72.6 Å². The molecule has 0 aliphatic carbocycles. The van der Waals surface area contributed by atoms with Crippen LogP contribution in [0.2, 0.25) is 0 Å². The van der Waals surface area contributed by atoms with E-state index in [0.717, 1.165) is 26.2 Å². The molecule has 3 aliphatic rings. The summed E-state index contributed by atoms with van der Waals surface area (Å²) in [4.78, 5) is 2.50. The molecule has 3 fully saturated rings. The second-order valence-electron chi connectivity index (χ2n) is 4.13. The smallest absolute Gasteiger partial charge is 0.0936 e. The number of fused-ring (bicyclic) bond motifs is 2. The van der Waals surface area contributed by atoms with Gasteiger partial charge in [-0.15, -0.1) is 0 Å². The van der Waals surface area contributed by atoms with Gasteiger partial charge < -0.3 is 9.47 Å². The Morgan fingerprint density at radius 1 is 1.17 bits per heavy atom. The molecule has 12 heavy (non-hydrogen) atoms. The fourth-order valence-electron chi connectivity index (χ4n) is 2.31. The molecule has 68 valence electrons. The maximum absolute atomic E-state index is 5.75. The summed E-state index contributed by atoms with van der Waals surface area (Å²) in [6.45, 7) is 4.38. The van der Waals surface area contributed by atoms with Crippen molar-refractivity contribution in [1.82, 2.24) is 4.90 Å². The molecule has 0 radical (unpaired) electrons. The van der Waals surface area contributed by atoms with Crippen molar-refractivity contribution in [1.29, 1.82) is 0 Å². The molecule has 0 amide bonds. The van der Waals surface area contributed by atoms with Crippen LogP contribution in [0.3, 0.4) is 0 Å². The first-order valence-electron chi connectivity index (χ1n) is 4.89. The monoisotopic (exact) mass is 169 g/mol. The average molecular weight is 169 g/mol. The van der Waals surface area contributed by atoms with Gasteiger partial charge in [-0.1, -0.05) is 0 Å². The second-order valence-corrected chi connectivity index (χ2v) is 4.13. The van der Waals surface area contributed by atoms with Crippen molar-refractivity contribution in [2.75, 3.05) is 26.2 Å². The molecule has 3 unspecified atom stereocenters. The van der Waals surface area contributed by atoms with Gasteiger partial charge in [-0.05, 0) is 12.8 Å². The normalized spacial score (nSPS) is 46.5. The lowest BCUT2D eigenvalue weighted by molar-refractivity contribution is -0.0396. The Morgan fingerprint density at radius 2 is 1.83 bits per heavy atom. The first-order chi connectivity index (χ1) is 5.90. The highest BCUT2D eigenvalue weighted by Crippen LogP contribution is 2.27. The zero-order valence-corrected chi connectivity index (χ0v) is 7.24. The minimum Gasteiger partial charge on any atom is -0.372 e. The van der Waals surface area contributed by atoms with Gasteiger partial charge in [-0.25, -0.2) is 0 Å². The molecule has 3 saturated heterocycles. The number of hydrogen-bond donors (Lipinski definition) is 0. The fourth-order valence-corrected chi connectivity index (χ4v) is 2.31. The Morgan fingerprint density at radius 3 is 2.42 bits per heavy atom. The summed E-state index contributed by atoms with van der Waals surface area (Å²) in [6.07, 6.45) is 4.15. The Bertz CT molecular complexity index is 169. The average Bonchev–Trinajstić information content (AvgIpc) is 2.79. The highest BCUT2D eigenvalue weighted by molar-refractivity contribution is 4.87. The molecular formula is C9H15NO2. The van der Waals surface area contributed by atoms with Gasteiger partial charge in [0.25, 0.3) is 0 Å². The fraction of sp³-hybridized carbons (Fsp3) is 1.00. The lowest BCUT2D eigenvalue weighted by atomic mass is 10.2. The van der Waals surface area contributed by atoms with E-state index in [9.17, 15) is 0 Å². The number of ether oxygens (including phenoxy) is 2. The van der Waals surface area contributed by atoms with Crippen molar-refractivity contribution in [3.63, 3.8) is 0 Å². The van der Waals surface area contributed by atoms with E-state index in [4.69, 9.17) is 9.47 Å². The summed E-state index contributed by atoms with van der Waals surface area (Å²) in [6, 6.07) is 0. The topological polar surface area (TPSA) is 25.0 Å². The lowest BCUT2D eigenvalue weighted by Gasteiger charge is -2.31. The third kappa shape index (κ3) is 1.37. The van der Waals surface area contributed by atoms with Crippen LogP contribution >= 0.6 is 0 Å². The summed E-state index contributed by atoms with van der Waals surface area (Å²) in [7, 11) is 0. The quantitative estimate of drug-likeness (QED) is 0.554. The maximum atomic E-state index is 5.75. The maximum Gasteiger partial charge on any atom is 0.0936 e. The molecule has 0 N–H and O–H groups in total. The van der Waals surface area contributed by atoms with Crippen molar-refractivity contribution in [3.05, 3.63) is 0 Å². The summed E-state index contributed by atoms with van der Waals surface area (Å²) < 4.78 is 11.0. The summed E-state index contributed by atoms with van der Waals surface area (Å²) in [5, 5.41) is 0. The third-order valence-electron chi connectivity index (χ3n) is 2.98. The predicted octanol–water partition coefficient (Wildman–Crippen LogP) is 0.248. The van der Waals surface area contributed by atoms with E-state index in [1.165, 1.54) is 12.8 Å². The number of epoxide rings is 1. The van der Waals surface area contributed by atoms with E-state index in [0.29, 0.717) is 18.3 Å². The van der Waals surface area contributed by atoms with Crippen LogP contribution in [0.1, 0.15) is 12.8 Å². The molecule has 3 nitrogen and oxygen atoms in total.